The van der Waals surface area contributed by atoms with Gasteiger partial charge in [-0.3, -0.25) is 19.3 Å². The molecule has 11 nitrogen and oxygen atoms in total. The number of carbonyl (C=O) groups excluding carboxylic acids is 4. The molecule has 3 aliphatic rings. The molecule has 0 unspecified atom stereocenters. The lowest BCUT2D eigenvalue weighted by atomic mass is 10.0. The van der Waals surface area contributed by atoms with E-state index in [1.165, 1.54) is 9.80 Å². The van der Waals surface area contributed by atoms with Crippen LogP contribution in [0, 0.1) is 11.3 Å². The number of hydrogen-bond donors (Lipinski definition) is 1. The second kappa shape index (κ2) is 11.5. The zero-order chi connectivity index (χ0) is 29.4. The first-order valence-electron chi connectivity index (χ1n) is 13.9. The predicted molar refractivity (Wildman–Crippen MR) is 147 cm³/mol. The quantitative estimate of drug-likeness (QED) is 0.549. The van der Waals surface area contributed by atoms with Crippen molar-refractivity contribution in [2.24, 2.45) is 0 Å². The third kappa shape index (κ3) is 6.07. The SMILES string of the molecule is C[C@@H](c1ccc(C(=O)N(C)C)cc1)N1C(=O)[C@@H]2C[C@H]1CN2C[C@H](NC(=O)OC(C)(C)C)C(=O)N1CCC[C@H]1C#N. The summed E-state index contributed by atoms with van der Waals surface area (Å²) in [7, 11) is 3.41. The van der Waals surface area contributed by atoms with Crippen LogP contribution in [0.15, 0.2) is 24.3 Å². The average Bonchev–Trinajstić information content (AvgIpc) is 3.60. The van der Waals surface area contributed by atoms with Gasteiger partial charge in [-0.2, -0.15) is 5.26 Å². The van der Waals surface area contributed by atoms with Crippen molar-refractivity contribution in [2.75, 3.05) is 33.7 Å². The van der Waals surface area contributed by atoms with Gasteiger partial charge in [0.2, 0.25) is 11.8 Å². The van der Waals surface area contributed by atoms with Crippen molar-refractivity contribution >= 4 is 23.8 Å². The zero-order valence-electron chi connectivity index (χ0n) is 24.2. The van der Waals surface area contributed by atoms with Gasteiger partial charge in [-0.15, -0.1) is 0 Å². The van der Waals surface area contributed by atoms with Crippen LogP contribution in [0.5, 0.6) is 0 Å². The number of piperazine rings is 1. The van der Waals surface area contributed by atoms with Gasteiger partial charge in [0.05, 0.1) is 18.2 Å². The lowest BCUT2D eigenvalue weighted by Crippen LogP contribution is -2.59. The largest absolute Gasteiger partial charge is 0.444 e. The summed E-state index contributed by atoms with van der Waals surface area (Å²) in [5.74, 6) is -0.426. The number of nitrogens with one attached hydrogen (secondary N) is 1. The van der Waals surface area contributed by atoms with E-state index in [0.29, 0.717) is 31.5 Å². The highest BCUT2D eigenvalue weighted by atomic mass is 16.6. The Hall–Kier alpha value is -3.65. The number of likely N-dealkylation sites (tertiary alicyclic amines) is 3. The molecule has 3 aliphatic heterocycles. The molecule has 3 saturated heterocycles. The number of ether oxygens (including phenoxy) is 1. The van der Waals surface area contributed by atoms with Crippen molar-refractivity contribution in [3.05, 3.63) is 35.4 Å². The van der Waals surface area contributed by atoms with Gasteiger partial charge in [0.15, 0.2) is 0 Å². The normalized spacial score (nSPS) is 24.0. The summed E-state index contributed by atoms with van der Waals surface area (Å²) in [6.07, 6.45) is 1.26. The fourth-order valence-electron chi connectivity index (χ4n) is 5.96. The van der Waals surface area contributed by atoms with Crippen molar-refractivity contribution in [3.8, 4) is 6.07 Å². The van der Waals surface area contributed by atoms with E-state index in [2.05, 4.69) is 11.4 Å². The molecule has 0 radical (unpaired) electrons. The van der Waals surface area contributed by atoms with Gasteiger partial charge >= 0.3 is 6.09 Å². The van der Waals surface area contributed by atoms with E-state index in [-0.39, 0.29) is 36.3 Å². The molecule has 1 aromatic carbocycles. The van der Waals surface area contributed by atoms with Gasteiger partial charge in [-0.25, -0.2) is 4.79 Å². The van der Waals surface area contributed by atoms with Crippen molar-refractivity contribution in [1.82, 2.24) is 24.9 Å². The lowest BCUT2D eigenvalue weighted by Gasteiger charge is -2.39. The molecule has 216 valence electrons. The monoisotopic (exact) mass is 552 g/mol. The summed E-state index contributed by atoms with van der Waals surface area (Å²) in [6.45, 7) is 8.41. The summed E-state index contributed by atoms with van der Waals surface area (Å²) in [5.41, 5.74) is 0.794. The fraction of sp³-hybridized carbons (Fsp3) is 0.621. The summed E-state index contributed by atoms with van der Waals surface area (Å²) in [4.78, 5) is 58.9. The molecule has 1 aromatic rings. The third-order valence-electron chi connectivity index (χ3n) is 7.87. The lowest BCUT2D eigenvalue weighted by molar-refractivity contribution is -0.141. The number of nitriles is 1. The smallest absolute Gasteiger partial charge is 0.408 e. The number of fused-ring (bicyclic) bond motifs is 2. The molecule has 3 fully saturated rings. The number of nitrogens with zero attached hydrogens (tertiary/aromatic N) is 5. The van der Waals surface area contributed by atoms with Crippen LogP contribution in [-0.4, -0.2) is 107 Å². The highest BCUT2D eigenvalue weighted by Crippen LogP contribution is 2.38. The Kier molecular flexibility index (Phi) is 8.40. The maximum absolute atomic E-state index is 13.5. The Morgan fingerprint density at radius 1 is 1.20 bits per heavy atom. The summed E-state index contributed by atoms with van der Waals surface area (Å²) in [5, 5.41) is 12.2. The number of benzene rings is 1. The Balaban J connectivity index is 1.46. The molecule has 0 aliphatic carbocycles. The first-order valence-corrected chi connectivity index (χ1v) is 13.9. The first-order chi connectivity index (χ1) is 18.8. The number of rotatable bonds is 7. The van der Waals surface area contributed by atoms with Gasteiger partial charge in [0.25, 0.3) is 5.91 Å². The number of carbonyl (C=O) groups is 4. The van der Waals surface area contributed by atoms with E-state index < -0.39 is 29.8 Å². The van der Waals surface area contributed by atoms with Gasteiger partial charge in [-0.05, 0) is 64.7 Å². The Morgan fingerprint density at radius 3 is 2.45 bits per heavy atom. The topological polar surface area (TPSA) is 126 Å². The molecular formula is C29H40N6O5. The van der Waals surface area contributed by atoms with E-state index in [1.54, 1.807) is 47.0 Å². The molecule has 11 heteroatoms. The molecule has 3 heterocycles. The van der Waals surface area contributed by atoms with Gasteiger partial charge in [0, 0.05) is 45.3 Å². The number of alkyl carbamates (subject to hydrolysis) is 1. The molecule has 40 heavy (non-hydrogen) atoms. The molecule has 0 aromatic heterocycles. The standard InChI is InChI=1S/C29H40N6O5/c1-18(19-9-11-20(12-10-19)25(36)32(5)6)35-22-14-24(27(35)38)33(16-22)17-23(31-28(39)40-29(2,3)4)26(37)34-13-7-8-21(34)15-30/h9-12,18,21-24H,7-8,13-14,16-17H2,1-6H3,(H,31,39)/t18-,21-,22-,23-,24-/m0/s1. The van der Waals surface area contributed by atoms with Crippen molar-refractivity contribution in [1.29, 1.82) is 5.26 Å². The van der Waals surface area contributed by atoms with E-state index in [0.717, 1.165) is 12.0 Å². The van der Waals surface area contributed by atoms with E-state index in [4.69, 9.17) is 4.74 Å². The second-order valence-electron chi connectivity index (χ2n) is 12.1. The molecule has 5 atom stereocenters. The van der Waals surface area contributed by atoms with Crippen LogP contribution in [0.3, 0.4) is 0 Å². The van der Waals surface area contributed by atoms with Gasteiger partial charge in [0.1, 0.15) is 17.7 Å². The van der Waals surface area contributed by atoms with Crippen molar-refractivity contribution in [2.45, 2.75) is 82.8 Å². The minimum absolute atomic E-state index is 0.0169. The zero-order valence-corrected chi connectivity index (χ0v) is 24.2. The Morgan fingerprint density at radius 2 is 1.88 bits per heavy atom. The number of amides is 4. The summed E-state index contributed by atoms with van der Waals surface area (Å²) in [6, 6.07) is 7.45. The molecule has 1 N–H and O–H groups in total. The van der Waals surface area contributed by atoms with Crippen molar-refractivity contribution < 1.29 is 23.9 Å². The highest BCUT2D eigenvalue weighted by Gasteiger charge is 2.52. The molecule has 2 bridgehead atoms. The molecular weight excluding hydrogens is 512 g/mol. The second-order valence-corrected chi connectivity index (χ2v) is 12.1. The molecule has 4 rings (SSSR count). The van der Waals surface area contributed by atoms with Crippen molar-refractivity contribution in [3.63, 3.8) is 0 Å². The fourth-order valence-corrected chi connectivity index (χ4v) is 5.96. The van der Waals surface area contributed by atoms with Crippen LogP contribution in [0.1, 0.15) is 68.9 Å². The van der Waals surface area contributed by atoms with Gasteiger partial charge in [-0.1, -0.05) is 12.1 Å². The maximum Gasteiger partial charge on any atom is 0.408 e. The first kappa shape index (κ1) is 29.3. The van der Waals surface area contributed by atoms with E-state index >= 15 is 0 Å². The van der Waals surface area contributed by atoms with Crippen LogP contribution in [0.2, 0.25) is 0 Å². The van der Waals surface area contributed by atoms with Gasteiger partial charge < -0.3 is 24.8 Å². The van der Waals surface area contributed by atoms with E-state index in [9.17, 15) is 24.4 Å². The minimum atomic E-state index is -0.941. The van der Waals surface area contributed by atoms with Crippen LogP contribution in [0.25, 0.3) is 0 Å². The summed E-state index contributed by atoms with van der Waals surface area (Å²) >= 11 is 0. The van der Waals surface area contributed by atoms with Crippen LogP contribution in [-0.2, 0) is 14.3 Å². The molecule has 0 saturated carbocycles. The highest BCUT2D eigenvalue weighted by molar-refractivity contribution is 5.94. The summed E-state index contributed by atoms with van der Waals surface area (Å²) < 4.78 is 5.41. The third-order valence-corrected chi connectivity index (χ3v) is 7.87. The number of hydrogen-bond acceptors (Lipinski definition) is 7. The predicted octanol–water partition coefficient (Wildman–Crippen LogP) is 2.14. The maximum atomic E-state index is 13.5. The average molecular weight is 553 g/mol. The molecule has 0 spiro atoms. The van der Waals surface area contributed by atoms with E-state index in [1.807, 2.05) is 28.9 Å². The minimum Gasteiger partial charge on any atom is -0.444 e. The Labute approximate surface area is 236 Å². The Bertz CT molecular complexity index is 1190. The molecule has 4 amide bonds. The van der Waals surface area contributed by atoms with Crippen LogP contribution < -0.4 is 5.32 Å². The van der Waals surface area contributed by atoms with Crippen LogP contribution >= 0.6 is 0 Å². The van der Waals surface area contributed by atoms with Crippen LogP contribution in [0.4, 0.5) is 4.79 Å².